The molecule has 244 valence electrons. The lowest BCUT2D eigenvalue weighted by molar-refractivity contribution is 0.204. The summed E-state index contributed by atoms with van der Waals surface area (Å²) in [5.41, 5.74) is 10.5. The van der Waals surface area contributed by atoms with Crippen LogP contribution in [0.4, 0.5) is 33.6 Å². The van der Waals surface area contributed by atoms with Crippen molar-refractivity contribution in [1.29, 1.82) is 0 Å². The first-order chi connectivity index (χ1) is 22.5. The summed E-state index contributed by atoms with van der Waals surface area (Å²) in [4.78, 5) is 33.5. The second kappa shape index (κ2) is 13.0. The molecule has 4 N–H and O–H groups in total. The maximum absolute atomic E-state index is 12.7. The zero-order valence-corrected chi connectivity index (χ0v) is 28.6. The molecule has 1 fully saturated rings. The second-order valence-corrected chi connectivity index (χ2v) is 14.7. The lowest BCUT2D eigenvalue weighted by atomic mass is 10.0. The number of piperazine rings is 1. The molecule has 4 heterocycles. The summed E-state index contributed by atoms with van der Waals surface area (Å²) in [6.07, 6.45) is 8.49. The van der Waals surface area contributed by atoms with Crippen molar-refractivity contribution in [3.8, 4) is 22.6 Å². The van der Waals surface area contributed by atoms with Crippen LogP contribution in [0.15, 0.2) is 59.7 Å². The minimum atomic E-state index is -2.96. The van der Waals surface area contributed by atoms with Gasteiger partial charge in [-0.1, -0.05) is 0 Å². The molecular formula is C30H33BrN11O4P. The smallest absolute Gasteiger partial charge is 0.314 e. The zero-order valence-electron chi connectivity index (χ0n) is 26.1. The highest BCUT2D eigenvalue weighted by Crippen LogP contribution is 2.46. The van der Waals surface area contributed by atoms with Crippen molar-refractivity contribution >= 4 is 69.2 Å². The average molecular weight is 723 g/mol. The standard InChI is InChI=1S/C30H33BrN11O4P/c1-40-17-18(15-36-40)19-13-23(25(45-2)14-24(19)41-9-11-42(12-10-41)29(32)43)38-30-35-16-20(31)28(39-30)37-22-6-5-21-26(34-8-7-33-21)27(22)46-47(3,4)44/h5-8,13-17H,9-12H2,1-4H3,(H2,32,43)(H2,35,37,38,39). The first kappa shape index (κ1) is 32.0. The number of halogens is 1. The van der Waals surface area contributed by atoms with Gasteiger partial charge in [0.25, 0.3) is 0 Å². The molecule has 1 aliphatic rings. The molecule has 0 spiro atoms. The fourth-order valence-electron chi connectivity index (χ4n) is 5.24. The van der Waals surface area contributed by atoms with Crippen molar-refractivity contribution in [2.45, 2.75) is 0 Å². The van der Waals surface area contributed by atoms with E-state index in [1.54, 1.807) is 53.6 Å². The first-order valence-electron chi connectivity index (χ1n) is 14.5. The van der Waals surface area contributed by atoms with E-state index >= 15 is 0 Å². The lowest BCUT2D eigenvalue weighted by Gasteiger charge is -2.36. The average Bonchev–Trinajstić information content (AvgIpc) is 3.49. The molecule has 6 rings (SSSR count). The maximum Gasteiger partial charge on any atom is 0.314 e. The van der Waals surface area contributed by atoms with Crippen molar-refractivity contribution in [2.24, 2.45) is 12.8 Å². The quantitative estimate of drug-likeness (QED) is 0.170. The van der Waals surface area contributed by atoms with E-state index in [1.807, 2.05) is 25.4 Å². The van der Waals surface area contributed by atoms with Crippen LogP contribution >= 0.6 is 23.3 Å². The number of primary amides is 1. The van der Waals surface area contributed by atoms with Crippen molar-refractivity contribution in [2.75, 3.05) is 62.2 Å². The van der Waals surface area contributed by atoms with Crippen LogP contribution in [0.3, 0.4) is 0 Å². The van der Waals surface area contributed by atoms with E-state index in [0.717, 1.165) is 16.8 Å². The van der Waals surface area contributed by atoms with Crippen LogP contribution in [0.2, 0.25) is 0 Å². The summed E-state index contributed by atoms with van der Waals surface area (Å²) in [5, 5.41) is 11.0. The fraction of sp³-hybridized carbons (Fsp3) is 0.267. The van der Waals surface area contributed by atoms with E-state index in [1.165, 1.54) is 13.3 Å². The third kappa shape index (κ3) is 7.08. The molecule has 47 heavy (non-hydrogen) atoms. The van der Waals surface area contributed by atoms with Crippen LogP contribution in [0.5, 0.6) is 11.5 Å². The predicted molar refractivity (Wildman–Crippen MR) is 184 cm³/mol. The van der Waals surface area contributed by atoms with Gasteiger partial charge >= 0.3 is 6.03 Å². The van der Waals surface area contributed by atoms with E-state index in [-0.39, 0.29) is 5.95 Å². The summed E-state index contributed by atoms with van der Waals surface area (Å²) >= 11 is 3.54. The van der Waals surface area contributed by atoms with Gasteiger partial charge in [-0.25, -0.2) is 14.8 Å². The topological polar surface area (TPSA) is 179 Å². The molecule has 1 saturated heterocycles. The Labute approximate surface area is 279 Å². The van der Waals surface area contributed by atoms with Crippen LogP contribution in [-0.2, 0) is 11.6 Å². The number of amides is 2. The number of nitrogens with zero attached hydrogens (tertiary/aromatic N) is 8. The Bertz CT molecular complexity index is 2010. The Hall–Kier alpha value is -4.95. The number of ether oxygens (including phenoxy) is 1. The third-order valence-corrected chi connectivity index (χ3v) is 8.62. The Balaban J connectivity index is 1.35. The SMILES string of the molecule is COc1cc(N2CCN(C(N)=O)CC2)c(-c2cnn(C)c2)cc1Nc1ncc(Br)c(Nc2ccc3nccnc3c2OP(C)(C)=O)n1. The number of methoxy groups -OCH3 is 1. The van der Waals surface area contributed by atoms with E-state index in [0.29, 0.717) is 70.4 Å². The van der Waals surface area contributed by atoms with E-state index in [2.05, 4.69) is 51.5 Å². The Morgan fingerprint density at radius 1 is 1.02 bits per heavy atom. The van der Waals surface area contributed by atoms with Crippen LogP contribution in [0, 0.1) is 0 Å². The van der Waals surface area contributed by atoms with E-state index < -0.39 is 13.4 Å². The summed E-state index contributed by atoms with van der Waals surface area (Å²) in [6.45, 7) is 5.31. The summed E-state index contributed by atoms with van der Waals surface area (Å²) < 4.78 is 26.8. The largest absolute Gasteiger partial charge is 0.494 e. The van der Waals surface area contributed by atoms with Gasteiger partial charge in [-0.3, -0.25) is 14.2 Å². The number of urea groups is 1. The van der Waals surface area contributed by atoms with Gasteiger partial charge in [-0.05, 0) is 34.1 Å². The molecule has 0 aliphatic carbocycles. The number of carbonyl (C=O) groups is 1. The monoisotopic (exact) mass is 721 g/mol. The summed E-state index contributed by atoms with van der Waals surface area (Å²) in [6, 6.07) is 7.07. The molecule has 0 radical (unpaired) electrons. The Morgan fingerprint density at radius 3 is 2.47 bits per heavy atom. The highest BCUT2D eigenvalue weighted by molar-refractivity contribution is 9.10. The number of carbonyl (C=O) groups excluding carboxylic acids is 1. The van der Waals surface area contributed by atoms with Crippen molar-refractivity contribution in [3.05, 3.63) is 59.7 Å². The number of nitrogens with one attached hydrogen (secondary N) is 2. The molecule has 2 amide bonds. The summed E-state index contributed by atoms with van der Waals surface area (Å²) in [7, 11) is 0.495. The van der Waals surface area contributed by atoms with Gasteiger partial charge in [0.1, 0.15) is 17.1 Å². The second-order valence-electron chi connectivity index (χ2n) is 11.1. The molecule has 17 heteroatoms. The molecule has 1 aliphatic heterocycles. The fourth-order valence-corrected chi connectivity index (χ4v) is 6.16. The first-order valence-corrected chi connectivity index (χ1v) is 17.9. The molecule has 15 nitrogen and oxygen atoms in total. The molecule has 0 saturated carbocycles. The van der Waals surface area contributed by atoms with Crippen LogP contribution in [-0.4, -0.2) is 87.3 Å². The normalized spacial score (nSPS) is 13.5. The molecule has 5 aromatic rings. The molecule has 0 unspecified atom stereocenters. The highest BCUT2D eigenvalue weighted by atomic mass is 79.9. The number of anilines is 5. The predicted octanol–water partition coefficient (Wildman–Crippen LogP) is 5.20. The van der Waals surface area contributed by atoms with Gasteiger partial charge < -0.3 is 35.4 Å². The van der Waals surface area contributed by atoms with Gasteiger partial charge in [0, 0.05) is 94.2 Å². The minimum absolute atomic E-state index is 0.286. The molecule has 0 bridgehead atoms. The number of hydrogen-bond acceptors (Lipinski definition) is 12. The highest BCUT2D eigenvalue weighted by Gasteiger charge is 2.25. The van der Waals surface area contributed by atoms with Gasteiger partial charge in [-0.15, -0.1) is 0 Å². The van der Waals surface area contributed by atoms with Gasteiger partial charge in [0.05, 0.1) is 34.7 Å². The van der Waals surface area contributed by atoms with Crippen LogP contribution in [0.1, 0.15) is 0 Å². The molecule has 2 aromatic carbocycles. The maximum atomic E-state index is 12.7. The zero-order chi connectivity index (χ0) is 33.3. The number of benzene rings is 2. The molecule has 0 atom stereocenters. The van der Waals surface area contributed by atoms with Crippen molar-refractivity contribution in [1.82, 2.24) is 34.6 Å². The summed E-state index contributed by atoms with van der Waals surface area (Å²) in [5.74, 6) is 1.58. The number of rotatable bonds is 9. The third-order valence-electron chi connectivity index (χ3n) is 7.41. The van der Waals surface area contributed by atoms with Gasteiger partial charge in [0.15, 0.2) is 5.75 Å². The number of fused-ring (bicyclic) bond motifs is 1. The molecule has 3 aromatic heterocycles. The number of nitrogens with two attached hydrogens (primary N) is 1. The van der Waals surface area contributed by atoms with E-state index in [9.17, 15) is 9.36 Å². The van der Waals surface area contributed by atoms with Crippen LogP contribution < -0.4 is 30.5 Å². The lowest BCUT2D eigenvalue weighted by Crippen LogP contribution is -2.50. The Morgan fingerprint density at radius 2 is 1.79 bits per heavy atom. The van der Waals surface area contributed by atoms with Crippen molar-refractivity contribution in [3.63, 3.8) is 0 Å². The van der Waals surface area contributed by atoms with Crippen molar-refractivity contribution < 1.29 is 18.6 Å². The van der Waals surface area contributed by atoms with Gasteiger partial charge in [-0.2, -0.15) is 10.1 Å². The number of hydrogen-bond donors (Lipinski definition) is 3. The number of aromatic nitrogens is 6. The molecular weight excluding hydrogens is 689 g/mol. The van der Waals surface area contributed by atoms with E-state index in [4.69, 9.17) is 20.0 Å². The number of aryl methyl sites for hydroxylation is 1. The minimum Gasteiger partial charge on any atom is -0.494 e. The van der Waals surface area contributed by atoms with Gasteiger partial charge in [0.2, 0.25) is 13.3 Å². The Kier molecular flexibility index (Phi) is 8.88. The van der Waals surface area contributed by atoms with Crippen LogP contribution in [0.25, 0.3) is 22.2 Å².